The molecule has 172 valence electrons. The zero-order chi connectivity index (χ0) is 22.6. The molecule has 3 rings (SSSR count). The zero-order valence-electron chi connectivity index (χ0n) is 19.4. The molecule has 0 unspecified atom stereocenters. The predicted molar refractivity (Wildman–Crippen MR) is 124 cm³/mol. The number of nitrogens with one attached hydrogen (secondary N) is 1. The molecule has 2 aliphatic rings. The van der Waals surface area contributed by atoms with Crippen molar-refractivity contribution in [1.29, 1.82) is 0 Å². The molecule has 1 saturated carbocycles. The highest BCUT2D eigenvalue weighted by atomic mass is 16.6. The number of carbonyl (C=O) groups is 1. The molecule has 8 heteroatoms. The third kappa shape index (κ3) is 6.90. The molecule has 8 nitrogen and oxygen atoms in total. The largest absolute Gasteiger partial charge is 0.377 e. The Morgan fingerprint density at radius 2 is 1.90 bits per heavy atom. The van der Waals surface area contributed by atoms with Gasteiger partial charge in [0.1, 0.15) is 5.69 Å². The maximum absolute atomic E-state index is 13.0. The van der Waals surface area contributed by atoms with Gasteiger partial charge in [-0.1, -0.05) is 13.8 Å². The van der Waals surface area contributed by atoms with Gasteiger partial charge in [-0.15, -0.1) is 0 Å². The first-order valence-corrected chi connectivity index (χ1v) is 11.4. The molecule has 1 saturated heterocycles. The average Bonchev–Trinajstić information content (AvgIpc) is 3.35. The van der Waals surface area contributed by atoms with Gasteiger partial charge in [-0.25, -0.2) is 0 Å². The van der Waals surface area contributed by atoms with Crippen LogP contribution in [0.3, 0.4) is 0 Å². The van der Waals surface area contributed by atoms with Crippen LogP contribution in [-0.2, 0) is 0 Å². The molecule has 1 aromatic carbocycles. The van der Waals surface area contributed by atoms with Gasteiger partial charge >= 0.3 is 0 Å². The molecule has 1 N–H and O–H groups in total. The number of rotatable bonds is 11. The second kappa shape index (κ2) is 9.96. The number of carbonyl (C=O) groups excluding carboxylic acids is 1. The number of benzene rings is 1. The number of likely N-dealkylation sites (N-methyl/N-ethyl adjacent to an activating group) is 1. The van der Waals surface area contributed by atoms with Gasteiger partial charge in [0, 0.05) is 50.9 Å². The number of hydrogen-bond acceptors (Lipinski definition) is 6. The van der Waals surface area contributed by atoms with Crippen LogP contribution in [0.25, 0.3) is 0 Å². The van der Waals surface area contributed by atoms with Gasteiger partial charge in [0.2, 0.25) is 0 Å². The van der Waals surface area contributed by atoms with E-state index in [1.54, 1.807) is 24.1 Å². The highest BCUT2D eigenvalue weighted by molar-refractivity contribution is 5.95. The van der Waals surface area contributed by atoms with Gasteiger partial charge in [-0.2, -0.15) is 0 Å². The van der Waals surface area contributed by atoms with E-state index >= 15 is 0 Å². The van der Waals surface area contributed by atoms with Crippen LogP contribution in [0.1, 0.15) is 49.9 Å². The summed E-state index contributed by atoms with van der Waals surface area (Å²) < 4.78 is 0. The smallest absolute Gasteiger partial charge is 0.293 e. The average molecular weight is 432 g/mol. The first-order valence-electron chi connectivity index (χ1n) is 11.4. The molecule has 0 atom stereocenters. The van der Waals surface area contributed by atoms with Crippen LogP contribution in [0.2, 0.25) is 0 Å². The topological polar surface area (TPSA) is 82.0 Å². The van der Waals surface area contributed by atoms with Crippen LogP contribution in [-0.4, -0.2) is 84.9 Å². The van der Waals surface area contributed by atoms with Crippen molar-refractivity contribution in [3.05, 3.63) is 33.9 Å². The second-order valence-corrected chi connectivity index (χ2v) is 10.0. The SMILES string of the molecule is CN(CCN1CCCC1)CC(C)(C)CN(C)C(=O)c1ccc(NC2CC2)c([N+](=O)[O-])c1. The van der Waals surface area contributed by atoms with Gasteiger partial charge in [0.05, 0.1) is 4.92 Å². The minimum absolute atomic E-state index is 0.0351. The van der Waals surface area contributed by atoms with Gasteiger partial charge in [0.15, 0.2) is 0 Å². The van der Waals surface area contributed by atoms with E-state index in [1.807, 2.05) is 0 Å². The van der Waals surface area contributed by atoms with E-state index in [1.165, 1.54) is 32.0 Å². The quantitative estimate of drug-likeness (QED) is 0.428. The Morgan fingerprint density at radius 1 is 1.23 bits per heavy atom. The molecule has 0 aromatic heterocycles. The fourth-order valence-corrected chi connectivity index (χ4v) is 4.50. The molecule has 1 amide bonds. The monoisotopic (exact) mass is 431 g/mol. The molecule has 1 aromatic rings. The lowest BCUT2D eigenvalue weighted by molar-refractivity contribution is -0.384. The summed E-state index contributed by atoms with van der Waals surface area (Å²) in [6.45, 7) is 10.3. The van der Waals surface area contributed by atoms with Crippen molar-refractivity contribution in [2.24, 2.45) is 5.41 Å². The lowest BCUT2D eigenvalue weighted by Gasteiger charge is -2.34. The summed E-state index contributed by atoms with van der Waals surface area (Å²) >= 11 is 0. The van der Waals surface area contributed by atoms with E-state index in [9.17, 15) is 14.9 Å². The Hall–Kier alpha value is -2.19. The van der Waals surface area contributed by atoms with E-state index in [0.29, 0.717) is 23.8 Å². The molecular weight excluding hydrogens is 394 g/mol. The Kier molecular flexibility index (Phi) is 7.54. The second-order valence-electron chi connectivity index (χ2n) is 10.0. The van der Waals surface area contributed by atoms with Crippen LogP contribution >= 0.6 is 0 Å². The summed E-state index contributed by atoms with van der Waals surface area (Å²) in [7, 11) is 3.91. The molecule has 2 fully saturated rings. The van der Waals surface area contributed by atoms with E-state index in [4.69, 9.17) is 0 Å². The van der Waals surface area contributed by atoms with E-state index in [0.717, 1.165) is 32.5 Å². The summed E-state index contributed by atoms with van der Waals surface area (Å²) in [5, 5.41) is 14.7. The fraction of sp³-hybridized carbons (Fsp3) is 0.696. The Labute approximate surface area is 185 Å². The summed E-state index contributed by atoms with van der Waals surface area (Å²) in [4.78, 5) is 30.6. The maximum Gasteiger partial charge on any atom is 0.293 e. The van der Waals surface area contributed by atoms with Crippen molar-refractivity contribution in [2.45, 2.75) is 45.6 Å². The van der Waals surface area contributed by atoms with Crippen LogP contribution in [0, 0.1) is 15.5 Å². The third-order valence-electron chi connectivity index (χ3n) is 6.08. The molecule has 1 heterocycles. The van der Waals surface area contributed by atoms with Gasteiger partial charge < -0.3 is 20.0 Å². The molecule has 0 bridgehead atoms. The summed E-state index contributed by atoms with van der Waals surface area (Å²) in [6, 6.07) is 5.06. The summed E-state index contributed by atoms with van der Waals surface area (Å²) in [5.41, 5.74) is 0.719. The van der Waals surface area contributed by atoms with E-state index in [2.05, 4.69) is 36.0 Å². The Balaban J connectivity index is 1.56. The highest BCUT2D eigenvalue weighted by Crippen LogP contribution is 2.32. The Bertz CT molecular complexity index is 787. The minimum atomic E-state index is -0.416. The molecule has 0 spiro atoms. The van der Waals surface area contributed by atoms with Crippen molar-refractivity contribution < 1.29 is 9.72 Å². The number of nitrogens with zero attached hydrogens (tertiary/aromatic N) is 4. The van der Waals surface area contributed by atoms with E-state index < -0.39 is 4.92 Å². The van der Waals surface area contributed by atoms with Crippen molar-refractivity contribution in [3.8, 4) is 0 Å². The molecule has 0 radical (unpaired) electrons. The summed E-state index contributed by atoms with van der Waals surface area (Å²) in [5.74, 6) is -0.186. The first-order chi connectivity index (χ1) is 14.6. The predicted octanol–water partition coefficient (Wildman–Crippen LogP) is 3.29. The number of nitro benzene ring substituents is 1. The number of amides is 1. The number of anilines is 1. The van der Waals surface area contributed by atoms with Crippen molar-refractivity contribution >= 4 is 17.3 Å². The first kappa shape index (κ1) is 23.5. The zero-order valence-corrected chi connectivity index (χ0v) is 19.4. The number of hydrogen-bond donors (Lipinski definition) is 1. The standard InChI is InChI=1S/C23H37N5O3/c1-23(2,16-25(3)13-14-27-11-5-6-12-27)17-26(4)22(29)18-7-10-20(24-19-8-9-19)21(15-18)28(30)31/h7,10,15,19,24H,5-6,8-9,11-14,16-17H2,1-4H3. The van der Waals surface area contributed by atoms with Crippen molar-refractivity contribution in [3.63, 3.8) is 0 Å². The minimum Gasteiger partial charge on any atom is -0.377 e. The molecule has 31 heavy (non-hydrogen) atoms. The lowest BCUT2D eigenvalue weighted by atomic mass is 9.92. The van der Waals surface area contributed by atoms with Crippen molar-refractivity contribution in [1.82, 2.24) is 14.7 Å². The van der Waals surface area contributed by atoms with Gasteiger partial charge in [0.25, 0.3) is 11.6 Å². The molecule has 1 aliphatic heterocycles. The van der Waals surface area contributed by atoms with Crippen LogP contribution in [0.15, 0.2) is 18.2 Å². The van der Waals surface area contributed by atoms with Gasteiger partial charge in [-0.05, 0) is 63.4 Å². The number of likely N-dealkylation sites (tertiary alicyclic amines) is 1. The third-order valence-corrected chi connectivity index (χ3v) is 6.08. The maximum atomic E-state index is 13.0. The normalized spacial score (nSPS) is 17.2. The van der Waals surface area contributed by atoms with E-state index in [-0.39, 0.29) is 17.0 Å². The summed E-state index contributed by atoms with van der Waals surface area (Å²) in [6.07, 6.45) is 4.67. The fourth-order valence-electron chi connectivity index (χ4n) is 4.50. The molecule has 1 aliphatic carbocycles. The Morgan fingerprint density at radius 3 is 2.52 bits per heavy atom. The van der Waals surface area contributed by atoms with Crippen LogP contribution < -0.4 is 5.32 Å². The van der Waals surface area contributed by atoms with Crippen LogP contribution in [0.4, 0.5) is 11.4 Å². The van der Waals surface area contributed by atoms with Gasteiger partial charge in [-0.3, -0.25) is 14.9 Å². The van der Waals surface area contributed by atoms with Crippen molar-refractivity contribution in [2.75, 3.05) is 58.7 Å². The lowest BCUT2D eigenvalue weighted by Crippen LogP contribution is -2.43. The number of nitro groups is 1. The highest BCUT2D eigenvalue weighted by Gasteiger charge is 2.28. The van der Waals surface area contributed by atoms with Crippen LogP contribution in [0.5, 0.6) is 0 Å². The molecular formula is C23H37N5O3.